The molecule has 0 aromatic carbocycles. The van der Waals surface area contributed by atoms with Gasteiger partial charge in [0.1, 0.15) is 5.82 Å². The Morgan fingerprint density at radius 1 is 1.26 bits per heavy atom. The van der Waals surface area contributed by atoms with E-state index < -0.39 is 0 Å². The first kappa shape index (κ1) is 14.3. The minimum Gasteiger partial charge on any atom is -0.390 e. The highest BCUT2D eigenvalue weighted by Gasteiger charge is 2.31. The first-order valence-corrected chi connectivity index (χ1v) is 7.24. The van der Waals surface area contributed by atoms with Crippen molar-refractivity contribution in [3.8, 4) is 0 Å². The maximum absolute atomic E-state index is 9.94. The lowest BCUT2D eigenvalue weighted by atomic mass is 10.0. The molecule has 1 aliphatic carbocycles. The van der Waals surface area contributed by atoms with Crippen LogP contribution < -0.4 is 10.6 Å². The average Bonchev–Trinajstić information content (AvgIpc) is 3.04. The van der Waals surface area contributed by atoms with E-state index in [0.29, 0.717) is 12.5 Å². The fraction of sp³-hybridized carbons (Fsp3) is 0.786. The molecule has 0 aromatic rings. The number of aliphatic hydroxyl groups is 1. The molecule has 1 saturated heterocycles. The van der Waals surface area contributed by atoms with Gasteiger partial charge >= 0.3 is 0 Å². The van der Waals surface area contributed by atoms with Gasteiger partial charge < -0.3 is 26.0 Å². The molecule has 0 bridgehead atoms. The van der Waals surface area contributed by atoms with Crippen LogP contribution in [-0.4, -0.2) is 55.0 Å². The molecule has 2 rings (SSSR count). The van der Waals surface area contributed by atoms with Gasteiger partial charge in [-0.3, -0.25) is 0 Å². The fourth-order valence-corrected chi connectivity index (χ4v) is 3.09. The molecule has 108 valence electrons. The number of rotatable bonds is 5. The summed E-state index contributed by atoms with van der Waals surface area (Å²) in [6.07, 6.45) is 6.39. The zero-order valence-electron chi connectivity index (χ0n) is 11.9. The van der Waals surface area contributed by atoms with Crippen LogP contribution in [0.5, 0.6) is 0 Å². The van der Waals surface area contributed by atoms with Gasteiger partial charge in [0.05, 0.1) is 12.1 Å². The third-order valence-electron chi connectivity index (χ3n) is 4.34. The van der Waals surface area contributed by atoms with Crippen molar-refractivity contribution in [2.45, 2.75) is 37.8 Å². The van der Waals surface area contributed by atoms with Gasteiger partial charge in [0, 0.05) is 31.8 Å². The lowest BCUT2D eigenvalue weighted by Gasteiger charge is -2.22. The smallest absolute Gasteiger partial charge is 0.103 e. The highest BCUT2D eigenvalue weighted by atomic mass is 16.3. The molecule has 0 aromatic heterocycles. The van der Waals surface area contributed by atoms with Gasteiger partial charge in [0.25, 0.3) is 0 Å². The molecular formula is C14H26N4O. The third kappa shape index (κ3) is 3.28. The van der Waals surface area contributed by atoms with Gasteiger partial charge in [-0.2, -0.15) is 0 Å². The van der Waals surface area contributed by atoms with Crippen molar-refractivity contribution in [1.29, 1.82) is 5.41 Å². The lowest BCUT2D eigenvalue weighted by Crippen LogP contribution is -2.36. The number of nitrogens with zero attached hydrogens (tertiary/aromatic N) is 1. The molecule has 5 nitrogen and oxygen atoms in total. The first-order valence-electron chi connectivity index (χ1n) is 7.24. The van der Waals surface area contributed by atoms with Crippen molar-refractivity contribution in [2.75, 3.05) is 27.2 Å². The SMILES string of the molecule is CN/C(=C\C(=N)C1CCCC1)N1CC(O)C(NC)C1. The minimum atomic E-state index is -0.345. The second-order valence-electron chi connectivity index (χ2n) is 5.58. The predicted octanol–water partition coefficient (Wildman–Crippen LogP) is 0.522. The Morgan fingerprint density at radius 2 is 1.95 bits per heavy atom. The summed E-state index contributed by atoms with van der Waals surface area (Å²) in [5.74, 6) is 1.38. The van der Waals surface area contributed by atoms with E-state index in [0.717, 1.165) is 30.9 Å². The van der Waals surface area contributed by atoms with Crippen molar-refractivity contribution in [3.05, 3.63) is 11.9 Å². The zero-order valence-corrected chi connectivity index (χ0v) is 11.9. The van der Waals surface area contributed by atoms with E-state index in [4.69, 9.17) is 5.41 Å². The number of aliphatic hydroxyl groups excluding tert-OH is 1. The second-order valence-corrected chi connectivity index (χ2v) is 5.58. The van der Waals surface area contributed by atoms with Crippen molar-refractivity contribution < 1.29 is 5.11 Å². The molecule has 5 heteroatoms. The quantitative estimate of drug-likeness (QED) is 0.548. The summed E-state index contributed by atoms with van der Waals surface area (Å²) >= 11 is 0. The summed E-state index contributed by atoms with van der Waals surface area (Å²) in [6.45, 7) is 1.40. The van der Waals surface area contributed by atoms with Crippen LogP contribution in [0.2, 0.25) is 0 Å². The predicted molar refractivity (Wildman–Crippen MR) is 77.3 cm³/mol. The Labute approximate surface area is 115 Å². The molecule has 0 radical (unpaired) electrons. The summed E-state index contributed by atoms with van der Waals surface area (Å²) in [4.78, 5) is 2.12. The largest absolute Gasteiger partial charge is 0.390 e. The molecule has 1 saturated carbocycles. The van der Waals surface area contributed by atoms with E-state index >= 15 is 0 Å². The zero-order chi connectivity index (χ0) is 13.8. The number of nitrogens with one attached hydrogen (secondary N) is 3. The van der Waals surface area contributed by atoms with E-state index in [1.54, 1.807) is 0 Å². The number of hydrogen-bond acceptors (Lipinski definition) is 5. The molecule has 1 heterocycles. The number of hydrogen-bond donors (Lipinski definition) is 4. The standard InChI is InChI=1S/C14H26N4O/c1-16-12-8-18(9-13(12)19)14(17-2)7-11(15)10-5-3-4-6-10/h7,10,12-13,15-17,19H,3-6,8-9H2,1-2H3/b14-7+,15-11?. The van der Waals surface area contributed by atoms with Crippen molar-refractivity contribution >= 4 is 5.71 Å². The van der Waals surface area contributed by atoms with Gasteiger partial charge in [-0.05, 0) is 26.0 Å². The van der Waals surface area contributed by atoms with Gasteiger partial charge in [-0.15, -0.1) is 0 Å². The molecule has 19 heavy (non-hydrogen) atoms. The summed E-state index contributed by atoms with van der Waals surface area (Å²) in [7, 11) is 3.76. The van der Waals surface area contributed by atoms with Crippen LogP contribution in [0.25, 0.3) is 0 Å². The highest BCUT2D eigenvalue weighted by Crippen LogP contribution is 2.26. The van der Waals surface area contributed by atoms with Crippen molar-refractivity contribution in [2.24, 2.45) is 5.92 Å². The summed E-state index contributed by atoms with van der Waals surface area (Å²) < 4.78 is 0. The Hall–Kier alpha value is -1.07. The van der Waals surface area contributed by atoms with Crippen molar-refractivity contribution in [1.82, 2.24) is 15.5 Å². The maximum atomic E-state index is 9.94. The van der Waals surface area contributed by atoms with Crippen LogP contribution >= 0.6 is 0 Å². The van der Waals surface area contributed by atoms with E-state index in [1.807, 2.05) is 20.2 Å². The third-order valence-corrected chi connectivity index (χ3v) is 4.34. The van der Waals surface area contributed by atoms with Crippen LogP contribution in [0.4, 0.5) is 0 Å². The van der Waals surface area contributed by atoms with Gasteiger partial charge in [-0.25, -0.2) is 0 Å². The number of β-amino-alcohol motifs (C(OH)–C–C–N with tert-alkyl or cyclic N) is 1. The van der Waals surface area contributed by atoms with Gasteiger partial charge in [0.2, 0.25) is 0 Å². The Balaban J connectivity index is 2.01. The van der Waals surface area contributed by atoms with E-state index in [1.165, 1.54) is 12.8 Å². The second kappa shape index (κ2) is 6.39. The fourth-order valence-electron chi connectivity index (χ4n) is 3.09. The minimum absolute atomic E-state index is 0.109. The Morgan fingerprint density at radius 3 is 2.47 bits per heavy atom. The molecule has 0 amide bonds. The highest BCUT2D eigenvalue weighted by molar-refractivity contribution is 5.94. The number of likely N-dealkylation sites (N-methyl/N-ethyl adjacent to an activating group) is 1. The monoisotopic (exact) mass is 266 g/mol. The van der Waals surface area contributed by atoms with Crippen molar-refractivity contribution in [3.63, 3.8) is 0 Å². The topological polar surface area (TPSA) is 71.4 Å². The van der Waals surface area contributed by atoms with Crippen LogP contribution in [0.3, 0.4) is 0 Å². The van der Waals surface area contributed by atoms with Crippen LogP contribution in [0.15, 0.2) is 11.9 Å². The summed E-state index contributed by atoms with van der Waals surface area (Å²) in [6, 6.07) is 0.109. The molecule has 2 fully saturated rings. The maximum Gasteiger partial charge on any atom is 0.103 e. The molecule has 2 aliphatic rings. The number of likely N-dealkylation sites (tertiary alicyclic amines) is 1. The molecule has 2 atom stereocenters. The first-order chi connectivity index (χ1) is 9.15. The number of allylic oxidation sites excluding steroid dienone is 1. The van der Waals surface area contributed by atoms with Crippen LogP contribution in [-0.2, 0) is 0 Å². The summed E-state index contributed by atoms with van der Waals surface area (Å²) in [5.41, 5.74) is 0.726. The molecular weight excluding hydrogens is 240 g/mol. The molecule has 2 unspecified atom stereocenters. The lowest BCUT2D eigenvalue weighted by molar-refractivity contribution is 0.160. The van der Waals surface area contributed by atoms with Crippen LogP contribution in [0.1, 0.15) is 25.7 Å². The summed E-state index contributed by atoms with van der Waals surface area (Å²) in [5, 5.41) is 24.4. The van der Waals surface area contributed by atoms with E-state index in [-0.39, 0.29) is 12.1 Å². The van der Waals surface area contributed by atoms with Gasteiger partial charge in [0.15, 0.2) is 0 Å². The Bertz CT molecular complexity index is 349. The molecule has 1 aliphatic heterocycles. The van der Waals surface area contributed by atoms with E-state index in [2.05, 4.69) is 15.5 Å². The Kier molecular flexibility index (Phi) is 4.82. The molecule has 4 N–H and O–H groups in total. The van der Waals surface area contributed by atoms with Gasteiger partial charge in [-0.1, -0.05) is 12.8 Å². The normalized spacial score (nSPS) is 29.0. The molecule has 0 spiro atoms. The van der Waals surface area contributed by atoms with E-state index in [9.17, 15) is 5.11 Å². The average molecular weight is 266 g/mol. The van der Waals surface area contributed by atoms with Crippen LogP contribution in [0, 0.1) is 11.3 Å².